The van der Waals surface area contributed by atoms with Gasteiger partial charge in [-0.2, -0.15) is 0 Å². The van der Waals surface area contributed by atoms with E-state index in [9.17, 15) is 9.59 Å². The van der Waals surface area contributed by atoms with Crippen LogP contribution in [0, 0.1) is 0 Å². The molecular weight excluding hydrogens is 492 g/mol. The standard InChI is InChI=1S/C19H17Cl4N3O3S/c1-2-29-16(28)11-6-8-14(9-7-11)24-18(30)26-17(19(21,22)23)25-15(27)12-4-3-5-13(20)10-12/h3-10,17H,2H2,1H3,(H,25,27)(H2,24,26,30). The molecule has 11 heteroatoms. The lowest BCUT2D eigenvalue weighted by molar-refractivity contribution is 0.0526. The predicted octanol–water partition coefficient (Wildman–Crippen LogP) is 4.93. The second kappa shape index (κ2) is 11.0. The van der Waals surface area contributed by atoms with E-state index in [1.54, 1.807) is 49.4 Å². The Morgan fingerprint density at radius 3 is 2.30 bits per heavy atom. The Morgan fingerprint density at radius 2 is 1.73 bits per heavy atom. The lowest BCUT2D eigenvalue weighted by Crippen LogP contribution is -2.56. The summed E-state index contributed by atoms with van der Waals surface area (Å²) in [6, 6.07) is 12.7. The number of hydrogen-bond donors (Lipinski definition) is 3. The Kier molecular flexibility index (Phi) is 9.00. The zero-order chi connectivity index (χ0) is 22.3. The van der Waals surface area contributed by atoms with E-state index >= 15 is 0 Å². The molecule has 160 valence electrons. The largest absolute Gasteiger partial charge is 0.462 e. The number of alkyl halides is 3. The van der Waals surface area contributed by atoms with Crippen LogP contribution in [0.4, 0.5) is 5.69 Å². The maximum Gasteiger partial charge on any atom is 0.338 e. The van der Waals surface area contributed by atoms with E-state index in [1.807, 2.05) is 0 Å². The zero-order valence-corrected chi connectivity index (χ0v) is 19.4. The number of thiocarbonyl (C=S) groups is 1. The highest BCUT2D eigenvalue weighted by Crippen LogP contribution is 2.29. The lowest BCUT2D eigenvalue weighted by atomic mass is 10.2. The van der Waals surface area contributed by atoms with Gasteiger partial charge in [0.2, 0.25) is 3.79 Å². The average molecular weight is 509 g/mol. The summed E-state index contributed by atoms with van der Waals surface area (Å²) in [6.45, 7) is 2.01. The molecule has 1 unspecified atom stereocenters. The third-order valence-corrected chi connectivity index (χ3v) is 4.73. The van der Waals surface area contributed by atoms with Crippen molar-refractivity contribution < 1.29 is 14.3 Å². The van der Waals surface area contributed by atoms with Crippen molar-refractivity contribution in [2.45, 2.75) is 16.9 Å². The van der Waals surface area contributed by atoms with Gasteiger partial charge in [-0.25, -0.2) is 4.79 Å². The summed E-state index contributed by atoms with van der Waals surface area (Å²) in [5.41, 5.74) is 1.26. The molecular formula is C19H17Cl4N3O3S. The molecule has 0 spiro atoms. The molecule has 0 bridgehead atoms. The number of anilines is 1. The van der Waals surface area contributed by atoms with Crippen LogP contribution in [0.25, 0.3) is 0 Å². The van der Waals surface area contributed by atoms with E-state index in [2.05, 4.69) is 16.0 Å². The van der Waals surface area contributed by atoms with Crippen LogP contribution in [-0.2, 0) is 4.74 Å². The van der Waals surface area contributed by atoms with Gasteiger partial charge < -0.3 is 20.7 Å². The average Bonchev–Trinajstić information content (AvgIpc) is 2.67. The van der Waals surface area contributed by atoms with Gasteiger partial charge >= 0.3 is 5.97 Å². The van der Waals surface area contributed by atoms with Gasteiger partial charge in [0.25, 0.3) is 5.91 Å². The number of halogens is 4. The van der Waals surface area contributed by atoms with E-state index in [0.717, 1.165) is 0 Å². The molecule has 0 aliphatic rings. The maximum atomic E-state index is 12.5. The van der Waals surface area contributed by atoms with Gasteiger partial charge in [0.05, 0.1) is 12.2 Å². The summed E-state index contributed by atoms with van der Waals surface area (Å²) in [4.78, 5) is 24.2. The smallest absolute Gasteiger partial charge is 0.338 e. The number of hydrogen-bond acceptors (Lipinski definition) is 4. The number of ether oxygens (including phenoxy) is 1. The first-order valence-corrected chi connectivity index (χ1v) is 10.5. The minimum atomic E-state index is -1.91. The van der Waals surface area contributed by atoms with Gasteiger partial charge in [-0.05, 0) is 61.6 Å². The van der Waals surface area contributed by atoms with Crippen molar-refractivity contribution in [3.05, 3.63) is 64.7 Å². The summed E-state index contributed by atoms with van der Waals surface area (Å²) in [7, 11) is 0. The molecule has 0 aliphatic carbocycles. The third kappa shape index (κ3) is 7.49. The van der Waals surface area contributed by atoms with Crippen molar-refractivity contribution in [3.63, 3.8) is 0 Å². The van der Waals surface area contributed by atoms with E-state index in [1.165, 1.54) is 6.07 Å². The molecule has 2 rings (SSSR count). The number of amides is 1. The molecule has 2 aromatic carbocycles. The van der Waals surface area contributed by atoms with Crippen molar-refractivity contribution in [3.8, 4) is 0 Å². The van der Waals surface area contributed by atoms with E-state index in [0.29, 0.717) is 16.3 Å². The Hall–Kier alpha value is -1.77. The molecule has 1 atom stereocenters. The van der Waals surface area contributed by atoms with Crippen molar-refractivity contribution in [1.82, 2.24) is 10.6 Å². The minimum Gasteiger partial charge on any atom is -0.462 e. The topological polar surface area (TPSA) is 79.5 Å². The maximum absolute atomic E-state index is 12.5. The first-order valence-electron chi connectivity index (χ1n) is 8.58. The molecule has 0 fully saturated rings. The highest BCUT2D eigenvalue weighted by molar-refractivity contribution is 7.80. The van der Waals surface area contributed by atoms with E-state index in [-0.39, 0.29) is 17.3 Å². The molecule has 0 saturated carbocycles. The van der Waals surface area contributed by atoms with Crippen LogP contribution in [0.5, 0.6) is 0 Å². The third-order valence-electron chi connectivity index (χ3n) is 3.62. The van der Waals surface area contributed by atoms with Crippen LogP contribution in [0.3, 0.4) is 0 Å². The fourth-order valence-corrected chi connectivity index (χ4v) is 3.00. The van der Waals surface area contributed by atoms with Crippen LogP contribution in [-0.4, -0.2) is 33.6 Å². The Balaban J connectivity index is 2.03. The first-order chi connectivity index (χ1) is 14.1. The molecule has 1 amide bonds. The molecule has 0 radical (unpaired) electrons. The molecule has 0 saturated heterocycles. The summed E-state index contributed by atoms with van der Waals surface area (Å²) >= 11 is 29.1. The molecule has 6 nitrogen and oxygen atoms in total. The van der Waals surface area contributed by atoms with Gasteiger partial charge in [-0.1, -0.05) is 52.5 Å². The van der Waals surface area contributed by atoms with Crippen LogP contribution < -0.4 is 16.0 Å². The molecule has 0 heterocycles. The highest BCUT2D eigenvalue weighted by Gasteiger charge is 2.35. The van der Waals surface area contributed by atoms with Crippen molar-refractivity contribution in [1.29, 1.82) is 0 Å². The number of carbonyl (C=O) groups excluding carboxylic acids is 2. The van der Waals surface area contributed by atoms with Gasteiger partial charge in [-0.3, -0.25) is 4.79 Å². The number of rotatable bonds is 6. The van der Waals surface area contributed by atoms with Crippen molar-refractivity contribution in [2.24, 2.45) is 0 Å². The normalized spacial score (nSPS) is 11.9. The fraction of sp³-hybridized carbons (Fsp3) is 0.211. The van der Waals surface area contributed by atoms with Gasteiger partial charge in [0.15, 0.2) is 5.11 Å². The van der Waals surface area contributed by atoms with Crippen LogP contribution in [0.1, 0.15) is 27.6 Å². The first kappa shape index (κ1) is 24.5. The van der Waals surface area contributed by atoms with Gasteiger partial charge in [0, 0.05) is 16.3 Å². The van der Waals surface area contributed by atoms with Crippen molar-refractivity contribution >= 4 is 81.3 Å². The SMILES string of the molecule is CCOC(=O)c1ccc(NC(=S)NC(NC(=O)c2cccc(Cl)c2)C(Cl)(Cl)Cl)cc1. The zero-order valence-electron chi connectivity index (χ0n) is 15.5. The summed E-state index contributed by atoms with van der Waals surface area (Å²) in [5, 5.41) is 8.67. The summed E-state index contributed by atoms with van der Waals surface area (Å²) < 4.78 is 3.02. The molecule has 3 N–H and O–H groups in total. The highest BCUT2D eigenvalue weighted by atomic mass is 35.6. The van der Waals surface area contributed by atoms with E-state index < -0.39 is 21.8 Å². The van der Waals surface area contributed by atoms with Crippen LogP contribution in [0.15, 0.2) is 48.5 Å². The molecule has 2 aromatic rings. The predicted molar refractivity (Wildman–Crippen MR) is 125 cm³/mol. The number of benzene rings is 2. The van der Waals surface area contributed by atoms with Crippen LogP contribution in [0.2, 0.25) is 5.02 Å². The minimum absolute atomic E-state index is 0.0848. The Bertz CT molecular complexity index is 920. The lowest BCUT2D eigenvalue weighted by Gasteiger charge is -2.27. The van der Waals surface area contributed by atoms with Crippen LogP contribution >= 0.6 is 58.6 Å². The van der Waals surface area contributed by atoms with Gasteiger partial charge in [-0.15, -0.1) is 0 Å². The second-order valence-electron chi connectivity index (χ2n) is 5.85. The van der Waals surface area contributed by atoms with Gasteiger partial charge in [0.1, 0.15) is 6.17 Å². The van der Waals surface area contributed by atoms with E-state index in [4.69, 9.17) is 63.4 Å². The number of carbonyl (C=O) groups is 2. The molecule has 0 aromatic heterocycles. The summed E-state index contributed by atoms with van der Waals surface area (Å²) in [6.07, 6.45) is -1.15. The quantitative estimate of drug-likeness (QED) is 0.222. The fourth-order valence-electron chi connectivity index (χ4n) is 2.25. The number of esters is 1. The molecule has 30 heavy (non-hydrogen) atoms. The Morgan fingerprint density at radius 1 is 1.07 bits per heavy atom. The van der Waals surface area contributed by atoms with Crippen molar-refractivity contribution in [2.75, 3.05) is 11.9 Å². The molecule has 0 aliphatic heterocycles. The second-order valence-corrected chi connectivity index (χ2v) is 9.07. The Labute approximate surface area is 199 Å². The summed E-state index contributed by atoms with van der Waals surface area (Å²) in [5.74, 6) is -0.937. The monoisotopic (exact) mass is 507 g/mol. The number of nitrogens with one attached hydrogen (secondary N) is 3.